The lowest BCUT2D eigenvalue weighted by atomic mass is 9.73. The third-order valence-corrected chi connectivity index (χ3v) is 11.4. The first-order valence-electron chi connectivity index (χ1n) is 16.6. The average molecular weight is 690 g/mol. The minimum Gasteiger partial charge on any atom is -0.384 e. The number of fused-ring (bicyclic) bond motifs is 1. The van der Waals surface area contributed by atoms with Crippen molar-refractivity contribution in [2.75, 3.05) is 42.6 Å². The number of hydrogen-bond donors (Lipinski definition) is 4. The summed E-state index contributed by atoms with van der Waals surface area (Å²) < 4.78 is 21.6. The van der Waals surface area contributed by atoms with Gasteiger partial charge in [0.1, 0.15) is 22.5 Å². The third kappa shape index (κ3) is 6.59. The van der Waals surface area contributed by atoms with E-state index in [1.165, 1.54) is 17.8 Å². The second kappa shape index (κ2) is 13.6. The number of nitrogen functional groups attached to an aromatic ring is 2. The molecule has 0 aliphatic carbocycles. The number of carbonyl (C=O) groups excluding carboxylic acids is 3. The van der Waals surface area contributed by atoms with Crippen LogP contribution in [0.2, 0.25) is 0 Å². The first-order valence-corrected chi connectivity index (χ1v) is 17.4. The molecule has 7 rings (SSSR count). The summed E-state index contributed by atoms with van der Waals surface area (Å²) in [6.07, 6.45) is 6.49. The van der Waals surface area contributed by atoms with E-state index in [9.17, 15) is 14.4 Å². The zero-order valence-corrected chi connectivity index (χ0v) is 28.0. The minimum absolute atomic E-state index is 0.0226. The fourth-order valence-corrected chi connectivity index (χ4v) is 8.55. The van der Waals surface area contributed by atoms with E-state index in [4.69, 9.17) is 16.2 Å². The summed E-state index contributed by atoms with van der Waals surface area (Å²) >= 11 is 1.39. The highest BCUT2D eigenvalue weighted by atomic mass is 32.2. The number of ether oxygens (including phenoxy) is 1. The van der Waals surface area contributed by atoms with Crippen molar-refractivity contribution in [3.05, 3.63) is 59.2 Å². The molecular weight excluding hydrogens is 649 g/mol. The van der Waals surface area contributed by atoms with Crippen molar-refractivity contribution in [2.24, 2.45) is 5.41 Å². The van der Waals surface area contributed by atoms with Crippen molar-refractivity contribution < 1.29 is 23.5 Å². The van der Waals surface area contributed by atoms with Gasteiger partial charge in [-0.2, -0.15) is 0 Å². The number of hydrogen-bond acceptors (Lipinski definition) is 13. The molecule has 4 atom stereocenters. The first-order chi connectivity index (χ1) is 23.6. The van der Waals surface area contributed by atoms with Gasteiger partial charge in [0, 0.05) is 61.3 Å². The SMILES string of the molecule is C[C@@H]1OCC2(CCN(c3cnc(Sc4ccnc(N)c4)c(N)n3)CC2)[C@@H]1NCc1cc(F)c2c(c1)CN(C1CCC(C(=O)C=O)NC1)C2=O. The van der Waals surface area contributed by atoms with Crippen LogP contribution in [0.1, 0.15) is 54.1 Å². The number of rotatable bonds is 9. The van der Waals surface area contributed by atoms with Gasteiger partial charge in [-0.05, 0) is 61.9 Å². The largest absolute Gasteiger partial charge is 0.384 e. The maximum atomic E-state index is 15.4. The molecule has 15 heteroatoms. The normalized spacial score (nSPS) is 24.7. The van der Waals surface area contributed by atoms with Crippen LogP contribution in [0.15, 0.2) is 46.6 Å². The second-order valence-electron chi connectivity index (χ2n) is 13.4. The Labute approximate surface area is 287 Å². The topological polar surface area (TPSA) is 182 Å². The van der Waals surface area contributed by atoms with Crippen LogP contribution in [0.3, 0.4) is 0 Å². The lowest BCUT2D eigenvalue weighted by Gasteiger charge is -2.43. The molecule has 0 saturated carbocycles. The van der Waals surface area contributed by atoms with Gasteiger partial charge in [-0.3, -0.25) is 14.4 Å². The lowest BCUT2D eigenvalue weighted by Crippen LogP contribution is -2.52. The molecule has 3 fully saturated rings. The zero-order valence-electron chi connectivity index (χ0n) is 27.2. The van der Waals surface area contributed by atoms with Crippen molar-refractivity contribution in [1.82, 2.24) is 30.5 Å². The first kappa shape index (κ1) is 33.3. The molecule has 6 N–H and O–H groups in total. The average Bonchev–Trinajstić information content (AvgIpc) is 3.60. The number of aldehydes is 1. The van der Waals surface area contributed by atoms with Gasteiger partial charge in [0.2, 0.25) is 5.78 Å². The maximum Gasteiger partial charge on any atom is 0.257 e. The fraction of sp³-hybridized carbons (Fsp3) is 0.471. The van der Waals surface area contributed by atoms with Crippen LogP contribution >= 0.6 is 11.8 Å². The van der Waals surface area contributed by atoms with Gasteiger partial charge in [0.25, 0.3) is 5.91 Å². The second-order valence-corrected chi connectivity index (χ2v) is 14.5. The zero-order chi connectivity index (χ0) is 34.3. The van der Waals surface area contributed by atoms with E-state index in [0.29, 0.717) is 67.6 Å². The summed E-state index contributed by atoms with van der Waals surface area (Å²) in [6, 6.07) is 6.34. The number of piperidine rings is 2. The molecule has 3 aromatic rings. The van der Waals surface area contributed by atoms with E-state index in [1.54, 1.807) is 23.4 Å². The molecule has 1 aromatic carbocycles. The van der Waals surface area contributed by atoms with E-state index >= 15 is 4.39 Å². The Balaban J connectivity index is 0.969. The van der Waals surface area contributed by atoms with E-state index in [-0.39, 0.29) is 35.1 Å². The highest BCUT2D eigenvalue weighted by Crippen LogP contribution is 2.43. The smallest absolute Gasteiger partial charge is 0.257 e. The van der Waals surface area contributed by atoms with Crippen molar-refractivity contribution in [3.8, 4) is 0 Å². The predicted molar refractivity (Wildman–Crippen MR) is 181 cm³/mol. The predicted octanol–water partition coefficient (Wildman–Crippen LogP) is 2.33. The molecule has 13 nitrogen and oxygen atoms in total. The number of nitrogens with two attached hydrogens (primary N) is 2. The number of pyridine rings is 1. The van der Waals surface area contributed by atoms with Crippen LogP contribution in [-0.4, -0.2) is 88.3 Å². The van der Waals surface area contributed by atoms with Crippen LogP contribution in [0, 0.1) is 11.2 Å². The number of nitrogens with one attached hydrogen (secondary N) is 2. The number of carbonyl (C=O) groups is 3. The summed E-state index contributed by atoms with van der Waals surface area (Å²) in [4.78, 5) is 53.9. The number of halogens is 1. The Morgan fingerprint density at radius 2 is 2.04 bits per heavy atom. The van der Waals surface area contributed by atoms with Gasteiger partial charge in [-0.1, -0.05) is 17.8 Å². The molecule has 49 heavy (non-hydrogen) atoms. The molecule has 2 aromatic heterocycles. The van der Waals surface area contributed by atoms with Gasteiger partial charge in [0.05, 0.1) is 30.5 Å². The number of benzene rings is 1. The quantitative estimate of drug-likeness (QED) is 0.190. The third-order valence-electron chi connectivity index (χ3n) is 10.4. The Bertz CT molecular complexity index is 1760. The van der Waals surface area contributed by atoms with Crippen molar-refractivity contribution in [2.45, 2.75) is 79.8 Å². The lowest BCUT2D eigenvalue weighted by molar-refractivity contribution is -0.131. The summed E-state index contributed by atoms with van der Waals surface area (Å²) in [5.74, 6) is 0.182. The summed E-state index contributed by atoms with van der Waals surface area (Å²) in [7, 11) is 0. The number of Topliss-reactive ketones (excluding diaryl/α,β-unsaturated/α-hetero) is 1. The molecule has 1 spiro atoms. The van der Waals surface area contributed by atoms with Crippen molar-refractivity contribution >= 4 is 47.2 Å². The summed E-state index contributed by atoms with van der Waals surface area (Å²) in [5, 5.41) is 7.37. The van der Waals surface area contributed by atoms with E-state index in [1.807, 2.05) is 12.1 Å². The standard InChI is InChI=1S/C34H40FN9O4S/c1-19-30(40-13-20-10-21-16-44(33(47)29(21)24(35)11-20)22-2-3-25(39-14-22)26(46)17-45)34(18-48-19)5-8-43(9-6-34)28-15-41-32(31(37)42-28)49-23-4-7-38-27(36)12-23/h4,7,10-12,15,17,19,22,25,30,39-40H,2-3,5-6,8-9,13-14,16,18H2,1H3,(H2,36,38)(H2,37,42)/t19-,22?,25?,30+/m0/s1. The Kier molecular flexibility index (Phi) is 9.26. The fourth-order valence-electron chi connectivity index (χ4n) is 7.76. The van der Waals surface area contributed by atoms with Crippen LogP contribution in [0.25, 0.3) is 0 Å². The van der Waals surface area contributed by atoms with E-state index in [0.717, 1.165) is 42.2 Å². The minimum atomic E-state index is -0.525. The molecule has 6 heterocycles. The molecule has 4 aliphatic heterocycles. The molecule has 0 radical (unpaired) electrons. The molecule has 4 aliphatic rings. The summed E-state index contributed by atoms with van der Waals surface area (Å²) in [6.45, 7) is 5.37. The number of nitrogens with zero attached hydrogens (tertiary/aromatic N) is 5. The van der Waals surface area contributed by atoms with E-state index < -0.39 is 17.6 Å². The molecule has 1 amide bonds. The Morgan fingerprint density at radius 1 is 1.22 bits per heavy atom. The van der Waals surface area contributed by atoms with Gasteiger partial charge in [-0.15, -0.1) is 0 Å². The van der Waals surface area contributed by atoms with Gasteiger partial charge in [0.15, 0.2) is 12.1 Å². The number of aromatic nitrogens is 3. The van der Waals surface area contributed by atoms with Gasteiger partial charge < -0.3 is 36.6 Å². The van der Waals surface area contributed by atoms with Crippen LogP contribution in [0.4, 0.5) is 21.8 Å². The molecule has 2 unspecified atom stereocenters. The molecule has 0 bridgehead atoms. The highest BCUT2D eigenvalue weighted by molar-refractivity contribution is 7.99. The van der Waals surface area contributed by atoms with E-state index in [2.05, 4.69) is 37.4 Å². The van der Waals surface area contributed by atoms with Crippen LogP contribution in [0.5, 0.6) is 0 Å². The van der Waals surface area contributed by atoms with Crippen LogP contribution in [-0.2, 0) is 27.4 Å². The molecular formula is C34H40FN9O4S. The Hall–Kier alpha value is -4.18. The number of ketones is 1. The Morgan fingerprint density at radius 3 is 2.76 bits per heavy atom. The van der Waals surface area contributed by atoms with Crippen molar-refractivity contribution in [3.63, 3.8) is 0 Å². The van der Waals surface area contributed by atoms with Gasteiger partial charge in [-0.25, -0.2) is 19.3 Å². The monoisotopic (exact) mass is 689 g/mol. The maximum absolute atomic E-state index is 15.4. The molecule has 3 saturated heterocycles. The number of anilines is 3. The highest BCUT2D eigenvalue weighted by Gasteiger charge is 2.49. The number of amides is 1. The van der Waals surface area contributed by atoms with Crippen molar-refractivity contribution in [1.29, 1.82) is 0 Å². The van der Waals surface area contributed by atoms with Crippen LogP contribution < -0.4 is 27.0 Å². The van der Waals surface area contributed by atoms with Gasteiger partial charge >= 0.3 is 0 Å². The summed E-state index contributed by atoms with van der Waals surface area (Å²) in [5.41, 5.74) is 13.6. The molecule has 258 valence electrons.